The van der Waals surface area contributed by atoms with Crippen molar-refractivity contribution in [1.29, 1.82) is 0 Å². The summed E-state index contributed by atoms with van der Waals surface area (Å²) in [5.41, 5.74) is 6.57. The molecule has 28 heteroatoms. The SMILES string of the molecule is COC1C=CC(C)CCC(O)CC(O)CCCC(O)CCCCC(C)C(OS(=O)(=O)O)C(NC(=O)C(C)=CC(C)C(O)CC(O)CC(O)CCCC(O)CC(O)CC(O)CC2OC(c3csc(CCCCCCCCCCC(C)N)n3)CCC2C)C(C)OC(=O)c2coc(n2)CCCC(O)CC(O)CCCC(O)C1. The quantitative estimate of drug-likeness (QED) is 0.0104. The van der Waals surface area contributed by atoms with Crippen LogP contribution in [0.1, 0.15) is 313 Å². The molecular weight excluding hydrogens is 1450 g/mol. The fourth-order valence-electron chi connectivity index (χ4n) is 14.9. The van der Waals surface area contributed by atoms with Crippen LogP contribution in [-0.4, -0.2) is 213 Å². The molecule has 26 nitrogen and oxygen atoms in total. The zero-order valence-electron chi connectivity index (χ0n) is 66.8. The number of carbonyl (C=O) groups excluding carboxylic acids is 2. The van der Waals surface area contributed by atoms with Crippen molar-refractivity contribution in [2.24, 2.45) is 29.4 Å². The maximum atomic E-state index is 14.3. The number of cyclic esters (lactones) is 1. The summed E-state index contributed by atoms with van der Waals surface area (Å²) in [6.07, 6.45) is 12.9. The number of esters is 1. The molecule has 1 amide bonds. The summed E-state index contributed by atoms with van der Waals surface area (Å²) in [7, 11) is -3.68. The number of nitrogens with one attached hydrogen (secondary N) is 1. The fraction of sp³-hybridized carbons (Fsp3) is 0.852. The van der Waals surface area contributed by atoms with Crippen LogP contribution in [0, 0.1) is 23.7 Å². The van der Waals surface area contributed by atoms with Crippen molar-refractivity contribution >= 4 is 33.6 Å². The number of aromatic nitrogens is 2. The van der Waals surface area contributed by atoms with Crippen LogP contribution in [0.4, 0.5) is 0 Å². The lowest BCUT2D eigenvalue weighted by molar-refractivity contribution is -0.120. The fourth-order valence-corrected chi connectivity index (χ4v) is 16.4. The van der Waals surface area contributed by atoms with Gasteiger partial charge in [0, 0.05) is 42.9 Å². The number of unbranched alkanes of at least 4 members (excludes halogenated alkanes) is 7. The van der Waals surface area contributed by atoms with Gasteiger partial charge in [-0.1, -0.05) is 104 Å². The van der Waals surface area contributed by atoms with E-state index < -0.39 is 126 Å². The number of ether oxygens (including phenoxy) is 3. The van der Waals surface area contributed by atoms with E-state index in [-0.39, 0.29) is 124 Å². The molecule has 632 valence electrons. The lowest BCUT2D eigenvalue weighted by atomic mass is 9.88. The molecule has 0 spiro atoms. The van der Waals surface area contributed by atoms with Crippen LogP contribution in [0.15, 0.2) is 39.9 Å². The first-order chi connectivity index (χ1) is 51.7. The minimum Gasteiger partial charge on any atom is -0.456 e. The lowest BCUT2D eigenvalue weighted by Crippen LogP contribution is -2.55. The molecular formula is C81H144N4O22S2. The molecule has 2 bridgehead atoms. The Morgan fingerprint density at radius 2 is 1.21 bits per heavy atom. The third kappa shape index (κ3) is 42.6. The molecule has 0 aromatic carbocycles. The number of hydrogen-bond acceptors (Lipinski definition) is 25. The number of fused-ring (bicyclic) bond motifs is 2. The predicted molar refractivity (Wildman–Crippen MR) is 419 cm³/mol. The topological polar surface area (TPSA) is 445 Å². The number of carbonyl (C=O) groups is 2. The summed E-state index contributed by atoms with van der Waals surface area (Å²) >= 11 is 1.68. The van der Waals surface area contributed by atoms with Crippen molar-refractivity contribution in [3.63, 3.8) is 0 Å². The van der Waals surface area contributed by atoms with Gasteiger partial charge in [0.15, 0.2) is 11.6 Å². The summed E-state index contributed by atoms with van der Waals surface area (Å²) < 4.78 is 64.4. The van der Waals surface area contributed by atoms with E-state index in [1.54, 1.807) is 32.3 Å². The van der Waals surface area contributed by atoms with Crippen molar-refractivity contribution in [2.75, 3.05) is 7.11 Å². The highest BCUT2D eigenvalue weighted by molar-refractivity contribution is 7.80. The van der Waals surface area contributed by atoms with Gasteiger partial charge in [-0.25, -0.2) is 18.9 Å². The molecule has 2 aliphatic heterocycles. The van der Waals surface area contributed by atoms with Crippen LogP contribution in [0.3, 0.4) is 0 Å². The molecule has 2 aromatic heterocycles. The average Bonchev–Trinajstić information content (AvgIpc) is 1.78. The second-order valence-corrected chi connectivity index (χ2v) is 34.5. The summed E-state index contributed by atoms with van der Waals surface area (Å²) in [5, 5.41) is 137. The Morgan fingerprint density at radius 3 is 1.83 bits per heavy atom. The van der Waals surface area contributed by atoms with E-state index in [1.165, 1.54) is 64.9 Å². The van der Waals surface area contributed by atoms with Gasteiger partial charge in [0.1, 0.15) is 24.6 Å². The number of rotatable bonds is 33. The molecule has 0 aliphatic carbocycles. The van der Waals surface area contributed by atoms with E-state index in [0.717, 1.165) is 49.1 Å². The Kier molecular flexibility index (Phi) is 48.2. The van der Waals surface area contributed by atoms with Crippen LogP contribution >= 0.6 is 11.3 Å². The van der Waals surface area contributed by atoms with E-state index >= 15 is 0 Å². The van der Waals surface area contributed by atoms with Crippen molar-refractivity contribution in [3.8, 4) is 0 Å². The second kappa shape index (κ2) is 53.6. The average molecular weight is 1590 g/mol. The highest BCUT2D eigenvalue weighted by atomic mass is 32.3. The van der Waals surface area contributed by atoms with Crippen LogP contribution in [0.2, 0.25) is 0 Å². The normalized spacial score (nSPS) is 29.4. The van der Waals surface area contributed by atoms with Crippen LogP contribution < -0.4 is 11.1 Å². The Morgan fingerprint density at radius 1 is 0.651 bits per heavy atom. The number of methoxy groups -OCH3 is 1. The van der Waals surface area contributed by atoms with E-state index in [2.05, 4.69) is 29.5 Å². The number of amides is 1. The molecule has 16 N–H and O–H groups in total. The largest absolute Gasteiger partial charge is 0.456 e. The van der Waals surface area contributed by atoms with Gasteiger partial charge in [0.05, 0.1) is 102 Å². The molecule has 0 saturated carbocycles. The zero-order valence-corrected chi connectivity index (χ0v) is 68.4. The second-order valence-electron chi connectivity index (χ2n) is 32.5. The van der Waals surface area contributed by atoms with Gasteiger partial charge in [-0.3, -0.25) is 9.35 Å². The Hall–Kier alpha value is -3.47. The van der Waals surface area contributed by atoms with Gasteiger partial charge in [0.2, 0.25) is 5.91 Å². The summed E-state index contributed by atoms with van der Waals surface area (Å²) in [4.78, 5) is 37.3. The molecule has 23 unspecified atom stereocenters. The summed E-state index contributed by atoms with van der Waals surface area (Å²) in [6.45, 7) is 12.2. The number of aliphatic hydroxyl groups excluding tert-OH is 12. The molecule has 23 atom stereocenters. The standard InChI is InChI=1S/C81H144N4O22S2/c1-52-35-38-66(93)43-61(88)27-19-26-59(86)25-18-17-23-54(3)79(107-109(100,101)102)78(58(7)105-81(99)71-50-104-76(83-71)33-22-32-62(89)42-60(87)28-21-31-65(92)47-70(103-8)39-36-52)85-80(98)56(5)41-55(4)73(97)48-68(95)45-64(91)30-20-29-63(90)44-67(94)46-69(96)49-75-53(2)37-40-74(106-75)72-51-108-77(84-72)34-16-14-12-10-9-11-13-15-24-57(6)82/h36,39,41,50-55,57-70,73-75,78-79,86-97H,9-35,37-38,40,42-49,82H2,1-8H3,(H,85,98)(H,100,101,102). The number of thiazole rings is 1. The minimum absolute atomic E-state index is 0.0201. The molecule has 1 fully saturated rings. The molecule has 109 heavy (non-hydrogen) atoms. The number of aryl methyl sites for hydroxylation is 2. The molecule has 4 rings (SSSR count). The number of nitrogens with two attached hydrogens (primary N) is 1. The molecule has 0 radical (unpaired) electrons. The Labute approximate surface area is 654 Å². The third-order valence-electron chi connectivity index (χ3n) is 21.8. The number of nitrogens with zero attached hydrogens (tertiary/aromatic N) is 2. The first-order valence-electron chi connectivity index (χ1n) is 41.2. The van der Waals surface area contributed by atoms with Crippen LogP contribution in [0.25, 0.3) is 0 Å². The van der Waals surface area contributed by atoms with Crippen molar-refractivity contribution < 1.29 is 107 Å². The smallest absolute Gasteiger partial charge is 0.397 e. The maximum absolute atomic E-state index is 14.3. The van der Waals surface area contributed by atoms with E-state index in [9.17, 15) is 83.8 Å². The number of oxazole rings is 1. The van der Waals surface area contributed by atoms with Gasteiger partial charge >= 0.3 is 16.4 Å². The van der Waals surface area contributed by atoms with E-state index in [1.807, 2.05) is 19.1 Å². The maximum Gasteiger partial charge on any atom is 0.397 e. The number of allylic oxidation sites excluding steroid dienone is 1. The van der Waals surface area contributed by atoms with Gasteiger partial charge in [-0.15, -0.1) is 11.3 Å². The third-order valence-corrected chi connectivity index (χ3v) is 23.2. The van der Waals surface area contributed by atoms with E-state index in [4.69, 9.17) is 33.5 Å². The Balaban J connectivity index is 1.31. The van der Waals surface area contributed by atoms with E-state index in [0.29, 0.717) is 96.3 Å². The van der Waals surface area contributed by atoms with Gasteiger partial charge in [-0.05, 0) is 212 Å². The monoisotopic (exact) mass is 1590 g/mol. The van der Waals surface area contributed by atoms with Gasteiger partial charge in [0.25, 0.3) is 0 Å². The molecule has 2 aliphatic rings. The van der Waals surface area contributed by atoms with Gasteiger partial charge < -0.3 is 91.0 Å². The molecule has 4 heterocycles. The minimum atomic E-state index is -5.24. The first kappa shape index (κ1) is 97.9. The van der Waals surface area contributed by atoms with Crippen LogP contribution in [0.5, 0.6) is 0 Å². The first-order valence-corrected chi connectivity index (χ1v) is 43.4. The summed E-state index contributed by atoms with van der Waals surface area (Å²) in [6, 6.07) is -1.19. The zero-order chi connectivity index (χ0) is 80.6. The summed E-state index contributed by atoms with van der Waals surface area (Å²) in [5.74, 6) is -2.94. The highest BCUT2D eigenvalue weighted by Gasteiger charge is 2.40. The predicted octanol–water partition coefficient (Wildman–Crippen LogP) is 10.4. The molecule has 2 aromatic rings. The Bertz CT molecular complexity index is 2920. The number of aliphatic hydroxyl groups is 12. The van der Waals surface area contributed by atoms with Gasteiger partial charge in [-0.2, -0.15) is 8.42 Å². The molecule has 1 saturated heterocycles. The lowest BCUT2D eigenvalue weighted by Gasteiger charge is -2.35. The van der Waals surface area contributed by atoms with Crippen molar-refractivity contribution in [3.05, 3.63) is 57.7 Å². The highest BCUT2D eigenvalue weighted by Crippen LogP contribution is 2.38. The van der Waals surface area contributed by atoms with Crippen molar-refractivity contribution in [2.45, 2.75) is 408 Å². The van der Waals surface area contributed by atoms with Crippen LogP contribution in [-0.2, 0) is 46.4 Å². The number of hydrogen-bond donors (Lipinski definition) is 15. The van der Waals surface area contributed by atoms with Crippen molar-refractivity contribution in [1.82, 2.24) is 15.3 Å².